The molecule has 0 saturated carbocycles. The van der Waals surface area contributed by atoms with Crippen molar-refractivity contribution >= 4 is 27.8 Å². The van der Waals surface area contributed by atoms with Gasteiger partial charge < -0.3 is 10.1 Å². The van der Waals surface area contributed by atoms with Crippen LogP contribution in [-0.2, 0) is 16.0 Å². The largest absolute Gasteiger partial charge is 0.467 e. The SMILES string of the molecule is COC(=O)[C@H](Cc1ccccc1Br)NC(=O)c1cc(F)cc(F)c1. The highest BCUT2D eigenvalue weighted by Crippen LogP contribution is 2.18. The van der Waals surface area contributed by atoms with Gasteiger partial charge in [0.1, 0.15) is 17.7 Å². The lowest BCUT2D eigenvalue weighted by Gasteiger charge is -2.17. The molecular weight excluding hydrogens is 384 g/mol. The van der Waals surface area contributed by atoms with E-state index in [9.17, 15) is 18.4 Å². The summed E-state index contributed by atoms with van der Waals surface area (Å²) in [6.07, 6.45) is 0.164. The molecule has 0 spiro atoms. The van der Waals surface area contributed by atoms with Crippen LogP contribution in [0.5, 0.6) is 0 Å². The molecule has 0 aromatic heterocycles. The first kappa shape index (κ1) is 18.1. The zero-order valence-corrected chi connectivity index (χ0v) is 14.3. The number of benzene rings is 2. The van der Waals surface area contributed by atoms with Crippen LogP contribution in [0.25, 0.3) is 0 Å². The van der Waals surface area contributed by atoms with Crippen LogP contribution in [0, 0.1) is 11.6 Å². The van der Waals surface area contributed by atoms with Crippen molar-refractivity contribution in [2.75, 3.05) is 7.11 Å². The maximum atomic E-state index is 13.2. The lowest BCUT2D eigenvalue weighted by Crippen LogP contribution is -2.43. The average Bonchev–Trinajstić information content (AvgIpc) is 2.54. The summed E-state index contributed by atoms with van der Waals surface area (Å²) in [7, 11) is 1.20. The lowest BCUT2D eigenvalue weighted by atomic mass is 10.1. The minimum absolute atomic E-state index is 0.164. The van der Waals surface area contributed by atoms with Gasteiger partial charge in [0.25, 0.3) is 5.91 Å². The summed E-state index contributed by atoms with van der Waals surface area (Å²) >= 11 is 3.36. The Kier molecular flexibility index (Phi) is 6.03. The third-order valence-corrected chi connectivity index (χ3v) is 4.07. The summed E-state index contributed by atoms with van der Waals surface area (Å²) in [4.78, 5) is 24.1. The number of esters is 1. The van der Waals surface area contributed by atoms with Crippen molar-refractivity contribution < 1.29 is 23.1 Å². The van der Waals surface area contributed by atoms with Crippen molar-refractivity contribution in [3.63, 3.8) is 0 Å². The molecule has 0 unspecified atom stereocenters. The first-order chi connectivity index (χ1) is 11.4. The second-order valence-corrected chi connectivity index (χ2v) is 5.86. The number of ether oxygens (including phenoxy) is 1. The summed E-state index contributed by atoms with van der Waals surface area (Å²) in [5, 5.41) is 2.45. The van der Waals surface area contributed by atoms with Crippen molar-refractivity contribution in [1.82, 2.24) is 5.32 Å². The lowest BCUT2D eigenvalue weighted by molar-refractivity contribution is -0.142. The van der Waals surface area contributed by atoms with Gasteiger partial charge in [0.15, 0.2) is 0 Å². The number of hydrogen-bond donors (Lipinski definition) is 1. The summed E-state index contributed by atoms with van der Waals surface area (Å²) in [6.45, 7) is 0. The van der Waals surface area contributed by atoms with E-state index in [1.807, 2.05) is 6.07 Å². The first-order valence-corrected chi connectivity index (χ1v) is 7.78. The van der Waals surface area contributed by atoms with Gasteiger partial charge in [-0.2, -0.15) is 0 Å². The van der Waals surface area contributed by atoms with Gasteiger partial charge in [-0.1, -0.05) is 34.1 Å². The Bertz CT molecular complexity index is 747. The van der Waals surface area contributed by atoms with Crippen molar-refractivity contribution in [1.29, 1.82) is 0 Å². The fourth-order valence-corrected chi connectivity index (χ4v) is 2.59. The highest BCUT2D eigenvalue weighted by Gasteiger charge is 2.24. The van der Waals surface area contributed by atoms with Gasteiger partial charge in [-0.3, -0.25) is 4.79 Å². The molecule has 0 aliphatic heterocycles. The fourth-order valence-electron chi connectivity index (χ4n) is 2.15. The molecule has 24 heavy (non-hydrogen) atoms. The molecule has 2 aromatic rings. The minimum atomic E-state index is -0.993. The zero-order valence-electron chi connectivity index (χ0n) is 12.7. The van der Waals surface area contributed by atoms with Crippen molar-refractivity contribution in [3.05, 3.63) is 69.7 Å². The summed E-state index contributed by atoms with van der Waals surface area (Å²) in [6, 6.07) is 8.65. The van der Waals surface area contributed by atoms with E-state index in [0.717, 1.165) is 22.2 Å². The van der Waals surface area contributed by atoms with E-state index in [4.69, 9.17) is 4.74 Å². The predicted molar refractivity (Wildman–Crippen MR) is 87.5 cm³/mol. The van der Waals surface area contributed by atoms with E-state index in [-0.39, 0.29) is 12.0 Å². The van der Waals surface area contributed by atoms with Crippen molar-refractivity contribution in [2.45, 2.75) is 12.5 Å². The molecule has 7 heteroatoms. The molecule has 0 radical (unpaired) electrons. The smallest absolute Gasteiger partial charge is 0.328 e. The first-order valence-electron chi connectivity index (χ1n) is 6.99. The van der Waals surface area contributed by atoms with Crippen LogP contribution in [0.15, 0.2) is 46.9 Å². The van der Waals surface area contributed by atoms with Crippen LogP contribution in [0.3, 0.4) is 0 Å². The van der Waals surface area contributed by atoms with Gasteiger partial charge in [0.05, 0.1) is 7.11 Å². The summed E-state index contributed by atoms with van der Waals surface area (Å²) < 4.78 is 31.9. The van der Waals surface area contributed by atoms with Gasteiger partial charge in [-0.25, -0.2) is 13.6 Å². The molecule has 0 bridgehead atoms. The molecule has 4 nitrogen and oxygen atoms in total. The maximum Gasteiger partial charge on any atom is 0.328 e. The average molecular weight is 398 g/mol. The van der Waals surface area contributed by atoms with Gasteiger partial charge >= 0.3 is 5.97 Å². The van der Waals surface area contributed by atoms with Gasteiger partial charge in [0.2, 0.25) is 0 Å². The van der Waals surface area contributed by atoms with Gasteiger partial charge in [0, 0.05) is 22.5 Å². The Morgan fingerprint density at radius 1 is 1.17 bits per heavy atom. The Morgan fingerprint density at radius 3 is 2.38 bits per heavy atom. The summed E-state index contributed by atoms with van der Waals surface area (Å²) in [5.41, 5.74) is 0.562. The van der Waals surface area contributed by atoms with Crippen molar-refractivity contribution in [2.24, 2.45) is 0 Å². The molecule has 1 amide bonds. The highest BCUT2D eigenvalue weighted by molar-refractivity contribution is 9.10. The summed E-state index contributed by atoms with van der Waals surface area (Å²) in [5.74, 6) is -3.17. The molecular formula is C17H14BrF2NO3. The number of carbonyl (C=O) groups is 2. The standard InChI is InChI=1S/C17H14BrF2NO3/c1-24-17(23)15(8-10-4-2-3-5-14(10)18)21-16(22)11-6-12(19)9-13(20)7-11/h2-7,9,15H,8H2,1H3,(H,21,22)/t15-/m0/s1. The third kappa shape index (κ3) is 4.61. The molecule has 126 valence electrons. The number of methoxy groups -OCH3 is 1. The predicted octanol–water partition coefficient (Wildman–Crippen LogP) is 3.24. The Hall–Kier alpha value is -2.28. The molecule has 0 aliphatic carbocycles. The van der Waals surface area contributed by atoms with Crippen LogP contribution >= 0.6 is 15.9 Å². The topological polar surface area (TPSA) is 55.4 Å². The molecule has 2 rings (SSSR count). The minimum Gasteiger partial charge on any atom is -0.467 e. The Morgan fingerprint density at radius 2 is 1.79 bits per heavy atom. The second-order valence-electron chi connectivity index (χ2n) is 5.00. The molecule has 1 atom stereocenters. The molecule has 0 saturated heterocycles. The molecule has 0 fully saturated rings. The van der Waals surface area contributed by atoms with Crippen molar-refractivity contribution in [3.8, 4) is 0 Å². The number of nitrogens with one attached hydrogen (secondary N) is 1. The Balaban J connectivity index is 2.21. The van der Waals surface area contributed by atoms with Crippen LogP contribution in [0.2, 0.25) is 0 Å². The number of halogens is 3. The molecule has 0 heterocycles. The quantitative estimate of drug-likeness (QED) is 0.787. The highest BCUT2D eigenvalue weighted by atomic mass is 79.9. The zero-order chi connectivity index (χ0) is 17.7. The van der Waals surface area contributed by atoms with E-state index in [1.165, 1.54) is 7.11 Å². The maximum absolute atomic E-state index is 13.2. The number of rotatable bonds is 5. The third-order valence-electron chi connectivity index (χ3n) is 3.30. The van der Waals surface area contributed by atoms with Gasteiger partial charge in [-0.05, 0) is 23.8 Å². The van der Waals surface area contributed by atoms with Crippen LogP contribution in [0.4, 0.5) is 8.78 Å². The van der Waals surface area contributed by atoms with E-state index in [2.05, 4.69) is 21.2 Å². The number of hydrogen-bond acceptors (Lipinski definition) is 3. The monoisotopic (exact) mass is 397 g/mol. The number of carbonyl (C=O) groups excluding carboxylic acids is 2. The molecule has 1 N–H and O–H groups in total. The molecule has 2 aromatic carbocycles. The number of amides is 1. The van der Waals surface area contributed by atoms with E-state index in [1.54, 1.807) is 18.2 Å². The molecule has 0 aliphatic rings. The second kappa shape index (κ2) is 8.01. The van der Waals surface area contributed by atoms with E-state index < -0.39 is 29.6 Å². The van der Waals surface area contributed by atoms with Crippen LogP contribution in [0.1, 0.15) is 15.9 Å². The van der Waals surface area contributed by atoms with Crippen LogP contribution < -0.4 is 5.32 Å². The van der Waals surface area contributed by atoms with E-state index >= 15 is 0 Å². The Labute approximate surface area is 145 Å². The van der Waals surface area contributed by atoms with Crippen LogP contribution in [-0.4, -0.2) is 25.0 Å². The van der Waals surface area contributed by atoms with E-state index in [0.29, 0.717) is 6.07 Å². The van der Waals surface area contributed by atoms with Gasteiger partial charge in [-0.15, -0.1) is 0 Å². The normalized spacial score (nSPS) is 11.7. The fraction of sp³-hybridized carbons (Fsp3) is 0.176.